The monoisotopic (exact) mass is 500 g/mol. The summed E-state index contributed by atoms with van der Waals surface area (Å²) in [5.74, 6) is 2.51. The van der Waals surface area contributed by atoms with Crippen molar-refractivity contribution in [3.05, 3.63) is 29.3 Å². The number of nitrogens with zero attached hydrogens (tertiary/aromatic N) is 1. The third-order valence-electron chi connectivity index (χ3n) is 9.33. The first-order chi connectivity index (χ1) is 17.5. The molecule has 0 saturated heterocycles. The number of aryl methyl sites for hydroxylation is 1. The molecule has 3 aliphatic rings. The Bertz CT molecular complexity index is 865. The van der Waals surface area contributed by atoms with Gasteiger partial charge < -0.3 is 31.5 Å². The van der Waals surface area contributed by atoms with E-state index in [1.807, 2.05) is 6.07 Å². The Balaban J connectivity index is 1.34. The van der Waals surface area contributed by atoms with Crippen LogP contribution in [0.5, 0.6) is 5.75 Å². The lowest BCUT2D eigenvalue weighted by atomic mass is 9.55. The molecule has 202 valence electrons. The summed E-state index contributed by atoms with van der Waals surface area (Å²) in [7, 11) is 0. The predicted molar refractivity (Wildman–Crippen MR) is 144 cm³/mol. The first-order valence-corrected chi connectivity index (χ1v) is 14.4. The van der Waals surface area contributed by atoms with Crippen LogP contribution >= 0.6 is 0 Å². The largest absolute Gasteiger partial charge is 0.415 e. The fourth-order valence-electron chi connectivity index (χ4n) is 7.24. The molecular formula is C29H48N4O3. The van der Waals surface area contributed by atoms with Crippen LogP contribution in [0.4, 0.5) is 4.79 Å². The number of aliphatic hydroxyl groups excluding tert-OH is 1. The van der Waals surface area contributed by atoms with E-state index in [2.05, 4.69) is 24.4 Å². The van der Waals surface area contributed by atoms with E-state index < -0.39 is 0 Å². The highest BCUT2D eigenvalue weighted by atomic mass is 16.6. The third kappa shape index (κ3) is 6.07. The Morgan fingerprint density at radius 1 is 1.08 bits per heavy atom. The van der Waals surface area contributed by atoms with Crippen LogP contribution < -0.4 is 21.5 Å². The number of ether oxygens (including phenoxy) is 1. The number of rotatable bonds is 12. The van der Waals surface area contributed by atoms with E-state index in [0.717, 1.165) is 70.9 Å². The molecule has 5 atom stereocenters. The van der Waals surface area contributed by atoms with Crippen LogP contribution in [0.15, 0.2) is 18.2 Å². The van der Waals surface area contributed by atoms with Gasteiger partial charge in [-0.25, -0.2) is 4.79 Å². The summed E-state index contributed by atoms with van der Waals surface area (Å²) in [6, 6.07) is 6.29. The summed E-state index contributed by atoms with van der Waals surface area (Å²) >= 11 is 0. The lowest BCUT2D eigenvalue weighted by Crippen LogP contribution is -2.43. The van der Waals surface area contributed by atoms with Crippen molar-refractivity contribution in [2.75, 3.05) is 39.3 Å². The summed E-state index contributed by atoms with van der Waals surface area (Å²) in [5.41, 5.74) is 14.1. The molecule has 7 nitrogen and oxygen atoms in total. The first-order valence-electron chi connectivity index (χ1n) is 14.4. The molecule has 2 fully saturated rings. The Hall–Kier alpha value is -1.67. The van der Waals surface area contributed by atoms with Gasteiger partial charge in [0.05, 0.1) is 6.10 Å². The van der Waals surface area contributed by atoms with Crippen LogP contribution in [0, 0.1) is 17.3 Å². The van der Waals surface area contributed by atoms with Gasteiger partial charge in [0.15, 0.2) is 0 Å². The van der Waals surface area contributed by atoms with Crippen molar-refractivity contribution in [1.82, 2.24) is 10.2 Å². The summed E-state index contributed by atoms with van der Waals surface area (Å²) in [5, 5.41) is 14.0. The molecular weight excluding hydrogens is 452 g/mol. The molecule has 0 bridgehead atoms. The van der Waals surface area contributed by atoms with Gasteiger partial charge >= 0.3 is 6.09 Å². The lowest BCUT2D eigenvalue weighted by Gasteiger charge is -2.50. The summed E-state index contributed by atoms with van der Waals surface area (Å²) in [6.45, 7) is 6.76. The number of amides is 1. The van der Waals surface area contributed by atoms with E-state index in [1.165, 1.54) is 17.5 Å². The Kier molecular flexibility index (Phi) is 9.67. The minimum Gasteiger partial charge on any atom is -0.410 e. The van der Waals surface area contributed by atoms with Gasteiger partial charge in [0.1, 0.15) is 5.75 Å². The van der Waals surface area contributed by atoms with Gasteiger partial charge in [0.2, 0.25) is 0 Å². The maximum Gasteiger partial charge on any atom is 0.415 e. The van der Waals surface area contributed by atoms with Crippen LogP contribution in [0.25, 0.3) is 0 Å². The third-order valence-corrected chi connectivity index (χ3v) is 9.33. The van der Waals surface area contributed by atoms with Gasteiger partial charge in [-0.05, 0) is 137 Å². The fraction of sp³-hybridized carbons (Fsp3) is 0.759. The number of hydrogen-bond acceptors (Lipinski definition) is 6. The Labute approximate surface area is 217 Å². The molecule has 36 heavy (non-hydrogen) atoms. The van der Waals surface area contributed by atoms with Gasteiger partial charge in [-0.3, -0.25) is 0 Å². The maximum atomic E-state index is 13.0. The van der Waals surface area contributed by atoms with Gasteiger partial charge in [0.25, 0.3) is 0 Å². The maximum absolute atomic E-state index is 13.0. The molecule has 0 heterocycles. The van der Waals surface area contributed by atoms with Gasteiger partial charge in [-0.15, -0.1) is 0 Å². The second-order valence-electron chi connectivity index (χ2n) is 11.5. The molecule has 2 saturated carbocycles. The standard InChI is InChI=1S/C29H48N4O3/c1-29-13-12-24-23-9-7-22(20-21(23)6-8-25(24)26(29)10-11-27(29)34)36-28(35)33(19-5-15-31)18-3-2-16-32-17-4-14-30/h7,9,20,24-27,32,34H,2-6,8,10-19,30-31H2,1H3/t24-,25-,26+,27+,29+/m1/s1. The summed E-state index contributed by atoms with van der Waals surface area (Å²) in [4.78, 5) is 14.8. The van der Waals surface area contributed by atoms with Crippen molar-refractivity contribution >= 4 is 6.09 Å². The second-order valence-corrected chi connectivity index (χ2v) is 11.5. The van der Waals surface area contributed by atoms with Crippen molar-refractivity contribution in [3.8, 4) is 5.75 Å². The highest BCUT2D eigenvalue weighted by molar-refractivity contribution is 5.70. The zero-order valence-electron chi connectivity index (χ0n) is 22.2. The minimum absolute atomic E-state index is 0.0989. The minimum atomic E-state index is -0.276. The molecule has 0 spiro atoms. The van der Waals surface area contributed by atoms with Crippen molar-refractivity contribution in [2.24, 2.45) is 28.7 Å². The number of nitrogens with one attached hydrogen (secondary N) is 1. The number of carbonyl (C=O) groups is 1. The molecule has 3 aliphatic carbocycles. The van der Waals surface area contributed by atoms with Crippen molar-refractivity contribution in [2.45, 2.75) is 83.2 Å². The number of unbranched alkanes of at least 4 members (excludes halogenated alkanes) is 1. The molecule has 7 heteroatoms. The van der Waals surface area contributed by atoms with E-state index in [1.54, 1.807) is 4.90 Å². The zero-order chi connectivity index (χ0) is 25.5. The van der Waals surface area contributed by atoms with Gasteiger partial charge in [-0.2, -0.15) is 0 Å². The molecule has 6 N–H and O–H groups in total. The van der Waals surface area contributed by atoms with E-state index >= 15 is 0 Å². The normalized spacial score (nSPS) is 28.8. The molecule has 0 aliphatic heterocycles. The van der Waals surface area contributed by atoms with Crippen molar-refractivity contribution in [3.63, 3.8) is 0 Å². The molecule has 1 amide bonds. The van der Waals surface area contributed by atoms with Crippen LogP contribution in [0.3, 0.4) is 0 Å². The van der Waals surface area contributed by atoms with Crippen LogP contribution in [-0.2, 0) is 6.42 Å². The SMILES string of the molecule is C[C@]12CC[C@@H]3c4ccc(OC(=O)N(CCCN)CCCCNCCCN)cc4CC[C@H]3[C@@H]1CC[C@@H]2O. The molecule has 1 aromatic carbocycles. The van der Waals surface area contributed by atoms with E-state index in [-0.39, 0.29) is 17.6 Å². The van der Waals surface area contributed by atoms with Crippen LogP contribution in [0.2, 0.25) is 0 Å². The van der Waals surface area contributed by atoms with Crippen LogP contribution in [0.1, 0.15) is 81.8 Å². The van der Waals surface area contributed by atoms with Gasteiger partial charge in [0, 0.05) is 13.1 Å². The smallest absolute Gasteiger partial charge is 0.410 e. The van der Waals surface area contributed by atoms with Crippen molar-refractivity contribution < 1.29 is 14.6 Å². The average Bonchev–Trinajstić information content (AvgIpc) is 3.19. The fourth-order valence-corrected chi connectivity index (χ4v) is 7.24. The Morgan fingerprint density at radius 3 is 2.67 bits per heavy atom. The number of fused-ring (bicyclic) bond motifs is 5. The Morgan fingerprint density at radius 2 is 1.86 bits per heavy atom. The molecule has 0 radical (unpaired) electrons. The topological polar surface area (TPSA) is 114 Å². The summed E-state index contributed by atoms with van der Waals surface area (Å²) < 4.78 is 5.87. The van der Waals surface area contributed by atoms with E-state index in [4.69, 9.17) is 16.2 Å². The molecule has 4 rings (SSSR count). The van der Waals surface area contributed by atoms with E-state index in [9.17, 15) is 9.90 Å². The highest BCUT2D eigenvalue weighted by Crippen LogP contribution is 2.60. The number of carbonyl (C=O) groups excluding carboxylic acids is 1. The molecule has 1 aromatic rings. The predicted octanol–water partition coefficient (Wildman–Crippen LogP) is 3.77. The number of nitrogens with two attached hydrogens (primary N) is 2. The quantitative estimate of drug-likeness (QED) is 0.325. The number of benzene rings is 1. The summed E-state index contributed by atoms with van der Waals surface area (Å²) in [6.07, 6.45) is 9.84. The lowest BCUT2D eigenvalue weighted by molar-refractivity contribution is -0.0226. The van der Waals surface area contributed by atoms with Gasteiger partial charge in [-0.1, -0.05) is 13.0 Å². The zero-order valence-corrected chi connectivity index (χ0v) is 22.2. The second kappa shape index (κ2) is 12.7. The average molecular weight is 501 g/mol. The number of hydrogen-bond donors (Lipinski definition) is 4. The first kappa shape index (κ1) is 27.4. The number of aliphatic hydroxyl groups is 1. The van der Waals surface area contributed by atoms with Crippen LogP contribution in [-0.4, -0.2) is 61.5 Å². The molecule has 0 aromatic heterocycles. The van der Waals surface area contributed by atoms with Crippen molar-refractivity contribution in [1.29, 1.82) is 0 Å². The molecule has 0 unspecified atom stereocenters. The van der Waals surface area contributed by atoms with E-state index in [0.29, 0.717) is 49.7 Å². The highest BCUT2D eigenvalue weighted by Gasteiger charge is 2.54.